The van der Waals surface area contributed by atoms with Crippen LogP contribution >= 0.6 is 11.8 Å². The van der Waals surface area contributed by atoms with Gasteiger partial charge in [0.15, 0.2) is 29.1 Å². The maximum atomic E-state index is 17.7. The van der Waals surface area contributed by atoms with Gasteiger partial charge in [-0.2, -0.15) is 11.8 Å². The standard InChI is InChI=1S/C48H56F2N4O13S/c1-24(52-39(59)15-17-51-43(64)35(68-5)21-40(60)61)41(62)53-25(2)42(63)54-27-8-12-30(13-9-27)65-29-10-6-26(7-11-29)44-66-38-20-31-32-19-34(49)33-18-28(56)14-16-45(33,3)47(32,50)36(57)22-46(31,4)48(38,67-44)37(58)23-55/h6-14,16,18,24-25,31-32,34-36,38,44,55,57H,15,17,19-23H2,1-5H3,(H,51,64)(H,52,59)(H,53,62)(H,54,63)(H,60,61)/t24-,25-,31-,32-,34-,35?,36-,38+,44+,45-,46-,47-,48+/m0/s1. The number of carboxylic acid groups (broad SMARTS) is 1. The second-order valence-electron chi connectivity index (χ2n) is 18.6. The Morgan fingerprint density at radius 2 is 1.57 bits per heavy atom. The van der Waals surface area contributed by atoms with Gasteiger partial charge in [0.25, 0.3) is 0 Å². The number of aliphatic hydroxyl groups is 2. The first-order valence-electron chi connectivity index (χ1n) is 22.4. The summed E-state index contributed by atoms with van der Waals surface area (Å²) < 4.78 is 52.7. The number of anilines is 1. The molecule has 17 nitrogen and oxygen atoms in total. The molecule has 3 saturated carbocycles. The lowest BCUT2D eigenvalue weighted by Gasteiger charge is -2.63. The van der Waals surface area contributed by atoms with Crippen LogP contribution in [0.2, 0.25) is 0 Å². The molecule has 0 aromatic heterocycles. The Hall–Kier alpha value is -5.54. The predicted molar refractivity (Wildman–Crippen MR) is 242 cm³/mol. The summed E-state index contributed by atoms with van der Waals surface area (Å²) in [6, 6.07) is 11.0. The van der Waals surface area contributed by atoms with Gasteiger partial charge in [-0.1, -0.05) is 25.1 Å². The number of benzene rings is 2. The van der Waals surface area contributed by atoms with Crippen molar-refractivity contribution in [1.82, 2.24) is 16.0 Å². The molecule has 1 unspecified atom stereocenters. The number of ether oxygens (including phenoxy) is 3. The molecule has 20 heteroatoms. The van der Waals surface area contributed by atoms with Crippen molar-refractivity contribution < 1.29 is 71.9 Å². The number of aliphatic carboxylic acids is 1. The molecule has 1 saturated heterocycles. The molecule has 366 valence electrons. The first-order chi connectivity index (χ1) is 32.1. The van der Waals surface area contributed by atoms with Gasteiger partial charge in [-0.25, -0.2) is 8.78 Å². The number of allylic oxidation sites excluding steroid dienone is 4. The van der Waals surface area contributed by atoms with Gasteiger partial charge in [-0.3, -0.25) is 33.6 Å². The first kappa shape index (κ1) is 50.3. The highest BCUT2D eigenvalue weighted by Crippen LogP contribution is 2.72. The molecule has 13 atom stereocenters. The van der Waals surface area contributed by atoms with Crippen LogP contribution in [0.25, 0.3) is 0 Å². The highest BCUT2D eigenvalue weighted by molar-refractivity contribution is 7.99. The van der Waals surface area contributed by atoms with Crippen molar-refractivity contribution in [2.24, 2.45) is 22.7 Å². The predicted octanol–water partition coefficient (Wildman–Crippen LogP) is 3.78. The number of alkyl halides is 2. The first-order valence-corrected chi connectivity index (χ1v) is 23.6. The van der Waals surface area contributed by atoms with Crippen LogP contribution in [-0.4, -0.2) is 123 Å². The summed E-state index contributed by atoms with van der Waals surface area (Å²) in [7, 11) is 0. The third kappa shape index (κ3) is 8.96. The van der Waals surface area contributed by atoms with E-state index in [1.807, 2.05) is 0 Å². The number of halogens is 2. The zero-order valence-electron chi connectivity index (χ0n) is 38.1. The molecule has 7 rings (SSSR count). The van der Waals surface area contributed by atoms with Crippen molar-refractivity contribution in [1.29, 1.82) is 0 Å². The van der Waals surface area contributed by atoms with Crippen molar-refractivity contribution in [2.45, 2.75) is 113 Å². The molecule has 2 aromatic rings. The maximum Gasteiger partial charge on any atom is 0.305 e. The molecular formula is C48H56F2N4O13S. The number of amides is 4. The van der Waals surface area contributed by atoms with Crippen LogP contribution in [0.4, 0.5) is 14.5 Å². The number of fused-ring (bicyclic) bond motifs is 7. The van der Waals surface area contributed by atoms with E-state index in [0.29, 0.717) is 22.7 Å². The van der Waals surface area contributed by atoms with Gasteiger partial charge >= 0.3 is 5.97 Å². The Morgan fingerprint density at radius 3 is 2.21 bits per heavy atom. The van der Waals surface area contributed by atoms with Crippen molar-refractivity contribution in [3.05, 3.63) is 77.9 Å². The minimum atomic E-state index is -2.37. The second kappa shape index (κ2) is 19.5. The van der Waals surface area contributed by atoms with Crippen LogP contribution < -0.4 is 26.0 Å². The second-order valence-corrected chi connectivity index (χ2v) is 19.6. The van der Waals surface area contributed by atoms with Crippen LogP contribution in [-0.2, 0) is 43.0 Å². The summed E-state index contributed by atoms with van der Waals surface area (Å²) in [5, 5.41) is 40.4. The molecular weight excluding hydrogens is 911 g/mol. The van der Waals surface area contributed by atoms with E-state index in [0.717, 1.165) is 17.8 Å². The quantitative estimate of drug-likeness (QED) is 0.119. The Balaban J connectivity index is 0.919. The highest BCUT2D eigenvalue weighted by atomic mass is 32.2. The number of hydrogen-bond acceptors (Lipinski definition) is 13. The van der Waals surface area contributed by atoms with E-state index in [1.165, 1.54) is 32.9 Å². The normalized spacial score (nSPS) is 32.4. The van der Waals surface area contributed by atoms with Crippen molar-refractivity contribution in [3.8, 4) is 11.5 Å². The lowest BCUT2D eigenvalue weighted by molar-refractivity contribution is -0.235. The average Bonchev–Trinajstić information content (AvgIpc) is 3.80. The third-order valence-electron chi connectivity index (χ3n) is 14.5. The van der Waals surface area contributed by atoms with Gasteiger partial charge in [0.05, 0.1) is 23.9 Å². The van der Waals surface area contributed by atoms with Crippen LogP contribution in [0.15, 0.2) is 72.3 Å². The highest BCUT2D eigenvalue weighted by Gasteiger charge is 2.80. The summed E-state index contributed by atoms with van der Waals surface area (Å²) in [4.78, 5) is 87.2. The van der Waals surface area contributed by atoms with Crippen LogP contribution in [0.1, 0.15) is 71.7 Å². The molecule has 0 radical (unpaired) electrons. The van der Waals surface area contributed by atoms with E-state index >= 15 is 8.78 Å². The Bertz CT molecular complexity index is 2410. The van der Waals surface area contributed by atoms with Crippen molar-refractivity contribution in [3.63, 3.8) is 0 Å². The van der Waals surface area contributed by atoms with E-state index in [2.05, 4.69) is 21.3 Å². The fourth-order valence-corrected chi connectivity index (χ4v) is 11.6. The van der Waals surface area contributed by atoms with E-state index in [1.54, 1.807) is 61.7 Å². The number of thioether (sulfide) groups is 1. The topological polar surface area (TPSA) is 256 Å². The van der Waals surface area contributed by atoms with E-state index < -0.39 is 124 Å². The number of aliphatic hydroxyl groups excluding tert-OH is 2. The fraction of sp³-hybridized carbons (Fsp3) is 0.521. The number of carbonyl (C=O) groups is 7. The number of carbonyl (C=O) groups excluding carboxylic acids is 6. The third-order valence-corrected chi connectivity index (χ3v) is 15.5. The minimum absolute atomic E-state index is 0.0121. The summed E-state index contributed by atoms with van der Waals surface area (Å²) in [6.07, 6.45) is -1.11. The van der Waals surface area contributed by atoms with Gasteiger partial charge in [0, 0.05) is 41.0 Å². The summed E-state index contributed by atoms with van der Waals surface area (Å²) in [5.74, 6) is -5.44. The molecule has 68 heavy (non-hydrogen) atoms. The fourth-order valence-electron chi connectivity index (χ4n) is 11.0. The molecule has 4 amide bonds. The van der Waals surface area contributed by atoms with Crippen molar-refractivity contribution >= 4 is 58.6 Å². The van der Waals surface area contributed by atoms with E-state index in [9.17, 15) is 43.8 Å². The summed E-state index contributed by atoms with van der Waals surface area (Å²) >= 11 is 1.07. The largest absolute Gasteiger partial charge is 0.481 e. The molecule has 4 fully saturated rings. The zero-order chi connectivity index (χ0) is 49.5. The smallest absolute Gasteiger partial charge is 0.305 e. The van der Waals surface area contributed by atoms with Gasteiger partial charge in [-0.05, 0) is 106 Å². The number of rotatable bonds is 17. The van der Waals surface area contributed by atoms with Gasteiger partial charge < -0.3 is 50.8 Å². The van der Waals surface area contributed by atoms with Crippen molar-refractivity contribution in [2.75, 3.05) is 24.7 Å². The molecule has 7 N–H and O–H groups in total. The molecule has 0 bridgehead atoms. The summed E-state index contributed by atoms with van der Waals surface area (Å²) in [5.41, 5.74) is -6.15. The van der Waals surface area contributed by atoms with E-state index in [4.69, 9.17) is 19.3 Å². The molecule has 1 heterocycles. The Morgan fingerprint density at radius 1 is 0.926 bits per heavy atom. The number of hydrogen-bond donors (Lipinski definition) is 7. The number of carboxylic acids is 1. The molecule has 1 aliphatic heterocycles. The Kier molecular flexibility index (Phi) is 14.4. The van der Waals surface area contributed by atoms with Gasteiger partial charge in [-0.15, -0.1) is 0 Å². The monoisotopic (exact) mass is 966 g/mol. The van der Waals surface area contributed by atoms with Crippen LogP contribution in [0.5, 0.6) is 11.5 Å². The summed E-state index contributed by atoms with van der Waals surface area (Å²) in [6.45, 7) is 5.14. The minimum Gasteiger partial charge on any atom is -0.481 e. The van der Waals surface area contributed by atoms with Crippen LogP contribution in [0, 0.1) is 22.7 Å². The lowest BCUT2D eigenvalue weighted by Crippen LogP contribution is -2.70. The van der Waals surface area contributed by atoms with Crippen LogP contribution in [0.3, 0.4) is 0 Å². The van der Waals surface area contributed by atoms with Gasteiger partial charge in [0.2, 0.25) is 23.6 Å². The Labute approximate surface area is 395 Å². The zero-order valence-corrected chi connectivity index (χ0v) is 38.9. The molecule has 2 aromatic carbocycles. The lowest BCUT2D eigenvalue weighted by atomic mass is 9.44. The maximum absolute atomic E-state index is 17.7. The number of nitrogens with one attached hydrogen (secondary N) is 4. The average molecular weight is 967 g/mol. The van der Waals surface area contributed by atoms with Gasteiger partial charge in [0.1, 0.15) is 36.4 Å². The number of ketones is 2. The number of Topliss-reactive ketones (excluding diaryl/α,β-unsaturated/α-hetero) is 1. The molecule has 5 aliphatic rings. The van der Waals surface area contributed by atoms with E-state index in [-0.39, 0.29) is 44.2 Å². The molecule has 0 spiro atoms. The SMILES string of the molecule is CSC(CC(=O)O)C(=O)NCCC(=O)N[C@@H](C)C(=O)N[C@@H](C)C(=O)Nc1ccc(Oc2ccc([C@@H]3O[C@@H]4C[C@H]5[C@@H]6C[C@H](F)C7=CC(=O)C=C[C@]7(C)[C@@]6(F)[C@@H](O)C[C@]5(C)[C@]4(C(=O)CO)O3)cc2)cc1. The molecule has 4 aliphatic carbocycles.